The molecule has 0 unspecified atom stereocenters. The normalized spacial score (nSPS) is 17.3. The lowest BCUT2D eigenvalue weighted by molar-refractivity contribution is -0.137. The zero-order valence-electron chi connectivity index (χ0n) is 11.9. The van der Waals surface area contributed by atoms with Gasteiger partial charge in [-0.25, -0.2) is 4.39 Å². The number of carbonyl (C=O) groups is 1. The first-order valence-electron chi connectivity index (χ1n) is 7.24. The van der Waals surface area contributed by atoms with Crippen LogP contribution in [-0.2, 0) is 11.3 Å². The minimum atomic E-state index is -0.706. The molecule has 1 aliphatic rings. The molecule has 4 heteroatoms. The van der Waals surface area contributed by atoms with Crippen molar-refractivity contribution in [2.75, 3.05) is 13.1 Å². The van der Waals surface area contributed by atoms with E-state index in [9.17, 15) is 9.18 Å². The molecule has 110 valence electrons. The van der Waals surface area contributed by atoms with Crippen molar-refractivity contribution in [1.29, 1.82) is 0 Å². The molecule has 1 aromatic carbocycles. The number of halogens is 1. The maximum Gasteiger partial charge on any atom is 0.303 e. The predicted octanol–water partition coefficient (Wildman–Crippen LogP) is 3.21. The number of piperidine rings is 1. The van der Waals surface area contributed by atoms with Crippen LogP contribution in [0.25, 0.3) is 0 Å². The van der Waals surface area contributed by atoms with Crippen LogP contribution in [0.15, 0.2) is 18.2 Å². The standard InChI is InChI=1S/C16H22FNO2/c1-12-2-4-15(17)10-14(12)11-18-8-6-13(7-9-18)3-5-16(19)20/h2,4,10,13H,3,5-9,11H2,1H3,(H,19,20). The van der Waals surface area contributed by atoms with E-state index in [0.717, 1.165) is 50.0 Å². The number of aliphatic carboxylic acids is 1. The number of rotatable bonds is 5. The highest BCUT2D eigenvalue weighted by molar-refractivity contribution is 5.66. The van der Waals surface area contributed by atoms with Gasteiger partial charge in [-0.15, -0.1) is 0 Å². The molecule has 0 atom stereocenters. The molecule has 0 saturated carbocycles. The largest absolute Gasteiger partial charge is 0.481 e. The third-order valence-corrected chi connectivity index (χ3v) is 4.18. The Balaban J connectivity index is 1.82. The van der Waals surface area contributed by atoms with Gasteiger partial charge in [0.25, 0.3) is 0 Å². The van der Waals surface area contributed by atoms with Gasteiger partial charge < -0.3 is 5.11 Å². The summed E-state index contributed by atoms with van der Waals surface area (Å²) in [5.41, 5.74) is 2.17. The summed E-state index contributed by atoms with van der Waals surface area (Å²) in [6.45, 7) is 4.74. The molecule has 1 fully saturated rings. The van der Waals surface area contributed by atoms with E-state index in [2.05, 4.69) is 4.90 Å². The Morgan fingerprint density at radius 2 is 2.10 bits per heavy atom. The van der Waals surface area contributed by atoms with Gasteiger partial charge in [0, 0.05) is 13.0 Å². The molecule has 0 amide bonds. The first-order chi connectivity index (χ1) is 9.54. The summed E-state index contributed by atoms with van der Waals surface area (Å²) in [4.78, 5) is 12.9. The summed E-state index contributed by atoms with van der Waals surface area (Å²) in [6.07, 6.45) is 3.14. The Morgan fingerprint density at radius 3 is 2.75 bits per heavy atom. The molecule has 1 saturated heterocycles. The van der Waals surface area contributed by atoms with Crippen LogP contribution in [0.3, 0.4) is 0 Å². The lowest BCUT2D eigenvalue weighted by Crippen LogP contribution is -2.33. The van der Waals surface area contributed by atoms with Crippen LogP contribution in [-0.4, -0.2) is 29.1 Å². The highest BCUT2D eigenvalue weighted by Crippen LogP contribution is 2.23. The second kappa shape index (κ2) is 6.84. The Hall–Kier alpha value is -1.42. The molecule has 0 aromatic heterocycles. The van der Waals surface area contributed by atoms with E-state index >= 15 is 0 Å². The summed E-state index contributed by atoms with van der Waals surface area (Å²) >= 11 is 0. The average molecular weight is 279 g/mol. The van der Waals surface area contributed by atoms with Gasteiger partial charge in [-0.05, 0) is 68.5 Å². The predicted molar refractivity (Wildman–Crippen MR) is 76.0 cm³/mol. The molecular formula is C16H22FNO2. The topological polar surface area (TPSA) is 40.5 Å². The molecule has 2 rings (SSSR count). The first-order valence-corrected chi connectivity index (χ1v) is 7.24. The van der Waals surface area contributed by atoms with Crippen molar-refractivity contribution in [3.63, 3.8) is 0 Å². The first kappa shape index (κ1) is 15.0. The van der Waals surface area contributed by atoms with Crippen LogP contribution in [0.1, 0.15) is 36.8 Å². The van der Waals surface area contributed by atoms with Crippen LogP contribution in [0, 0.1) is 18.7 Å². The van der Waals surface area contributed by atoms with E-state index in [4.69, 9.17) is 5.11 Å². The average Bonchev–Trinajstić information content (AvgIpc) is 2.42. The van der Waals surface area contributed by atoms with Gasteiger partial charge in [-0.2, -0.15) is 0 Å². The fraction of sp³-hybridized carbons (Fsp3) is 0.562. The van der Waals surface area contributed by atoms with E-state index in [0.29, 0.717) is 5.92 Å². The number of hydrogen-bond donors (Lipinski definition) is 1. The molecule has 1 aromatic rings. The zero-order valence-corrected chi connectivity index (χ0v) is 11.9. The highest BCUT2D eigenvalue weighted by Gasteiger charge is 2.20. The molecule has 0 radical (unpaired) electrons. The summed E-state index contributed by atoms with van der Waals surface area (Å²) in [5.74, 6) is -0.360. The van der Waals surface area contributed by atoms with Gasteiger partial charge in [0.15, 0.2) is 0 Å². The van der Waals surface area contributed by atoms with Gasteiger partial charge in [0.2, 0.25) is 0 Å². The van der Waals surface area contributed by atoms with Crippen LogP contribution in [0.2, 0.25) is 0 Å². The number of likely N-dealkylation sites (tertiary alicyclic amines) is 1. The molecule has 0 bridgehead atoms. The highest BCUT2D eigenvalue weighted by atomic mass is 19.1. The fourth-order valence-electron chi connectivity index (χ4n) is 2.81. The van der Waals surface area contributed by atoms with Crippen molar-refractivity contribution < 1.29 is 14.3 Å². The fourth-order valence-corrected chi connectivity index (χ4v) is 2.81. The Labute approximate surface area is 119 Å². The molecule has 3 nitrogen and oxygen atoms in total. The van der Waals surface area contributed by atoms with E-state index in [1.54, 1.807) is 6.07 Å². The van der Waals surface area contributed by atoms with Crippen LogP contribution in [0.4, 0.5) is 4.39 Å². The number of hydrogen-bond acceptors (Lipinski definition) is 2. The van der Waals surface area contributed by atoms with Crippen LogP contribution < -0.4 is 0 Å². The molecule has 0 spiro atoms. The van der Waals surface area contributed by atoms with Crippen LogP contribution in [0.5, 0.6) is 0 Å². The number of nitrogens with zero attached hydrogens (tertiary/aromatic N) is 1. The molecule has 1 aliphatic heterocycles. The summed E-state index contributed by atoms with van der Waals surface area (Å²) in [7, 11) is 0. The smallest absolute Gasteiger partial charge is 0.303 e. The minimum absolute atomic E-state index is 0.179. The van der Waals surface area contributed by atoms with Crippen molar-refractivity contribution in [1.82, 2.24) is 4.90 Å². The SMILES string of the molecule is Cc1ccc(F)cc1CN1CCC(CCC(=O)O)CC1. The summed E-state index contributed by atoms with van der Waals surface area (Å²) in [5, 5.41) is 8.70. The molecule has 1 heterocycles. The lowest BCUT2D eigenvalue weighted by atomic mass is 9.92. The Kier molecular flexibility index (Phi) is 5.12. The second-order valence-corrected chi connectivity index (χ2v) is 5.72. The van der Waals surface area contributed by atoms with Gasteiger partial charge in [0.05, 0.1) is 0 Å². The Bertz CT molecular complexity index is 468. The number of carboxylic acid groups (broad SMARTS) is 1. The lowest BCUT2D eigenvalue weighted by Gasteiger charge is -2.32. The maximum atomic E-state index is 13.3. The van der Waals surface area contributed by atoms with E-state index in [1.807, 2.05) is 13.0 Å². The molecule has 20 heavy (non-hydrogen) atoms. The quantitative estimate of drug-likeness (QED) is 0.899. The zero-order chi connectivity index (χ0) is 14.5. The van der Waals surface area contributed by atoms with Crippen molar-refractivity contribution in [2.24, 2.45) is 5.92 Å². The van der Waals surface area contributed by atoms with Crippen molar-refractivity contribution >= 4 is 5.97 Å². The van der Waals surface area contributed by atoms with Gasteiger partial charge in [0.1, 0.15) is 5.82 Å². The van der Waals surface area contributed by atoms with E-state index < -0.39 is 5.97 Å². The van der Waals surface area contributed by atoms with E-state index in [1.165, 1.54) is 6.07 Å². The second-order valence-electron chi connectivity index (χ2n) is 5.72. The Morgan fingerprint density at radius 1 is 1.40 bits per heavy atom. The van der Waals surface area contributed by atoms with Crippen molar-refractivity contribution in [3.8, 4) is 0 Å². The summed E-state index contributed by atoms with van der Waals surface area (Å²) in [6, 6.07) is 4.94. The number of aryl methyl sites for hydroxylation is 1. The van der Waals surface area contributed by atoms with Gasteiger partial charge in [-0.3, -0.25) is 9.69 Å². The summed E-state index contributed by atoms with van der Waals surface area (Å²) < 4.78 is 13.3. The molecular weight excluding hydrogens is 257 g/mol. The number of carboxylic acids is 1. The third-order valence-electron chi connectivity index (χ3n) is 4.18. The third kappa shape index (κ3) is 4.30. The molecule has 1 N–H and O–H groups in total. The maximum absolute atomic E-state index is 13.3. The minimum Gasteiger partial charge on any atom is -0.481 e. The van der Waals surface area contributed by atoms with Crippen molar-refractivity contribution in [3.05, 3.63) is 35.1 Å². The van der Waals surface area contributed by atoms with Crippen molar-refractivity contribution in [2.45, 2.75) is 39.2 Å². The van der Waals surface area contributed by atoms with Gasteiger partial charge >= 0.3 is 5.97 Å². The van der Waals surface area contributed by atoms with E-state index in [-0.39, 0.29) is 12.2 Å². The van der Waals surface area contributed by atoms with Gasteiger partial charge in [-0.1, -0.05) is 6.07 Å². The number of benzene rings is 1. The molecule has 0 aliphatic carbocycles. The van der Waals surface area contributed by atoms with Crippen LogP contribution >= 0.6 is 0 Å². The monoisotopic (exact) mass is 279 g/mol.